The molecule has 0 saturated carbocycles. The molecule has 0 heterocycles. The molecule has 2 amide bonds. The molecule has 2 aromatic rings. The van der Waals surface area contributed by atoms with E-state index in [1.54, 1.807) is 44.2 Å². The highest BCUT2D eigenvalue weighted by molar-refractivity contribution is 6.42. The number of hydrogen-bond donors (Lipinski definition) is 2. The Hall–Kier alpha value is -3.10. The van der Waals surface area contributed by atoms with Crippen molar-refractivity contribution in [1.82, 2.24) is 0 Å². The van der Waals surface area contributed by atoms with Crippen LogP contribution in [-0.4, -0.2) is 36.5 Å². The fraction of sp³-hybridized carbons (Fsp3) is 0.304. The lowest BCUT2D eigenvalue weighted by Gasteiger charge is -2.09. The van der Waals surface area contributed by atoms with E-state index in [1.807, 2.05) is 0 Å². The molecule has 0 aliphatic carbocycles. The Morgan fingerprint density at radius 2 is 1.48 bits per heavy atom. The summed E-state index contributed by atoms with van der Waals surface area (Å²) in [7, 11) is 0. The highest BCUT2D eigenvalue weighted by Gasteiger charge is 2.12. The van der Waals surface area contributed by atoms with Gasteiger partial charge in [0.1, 0.15) is 0 Å². The fourth-order valence-electron chi connectivity index (χ4n) is 2.58. The van der Waals surface area contributed by atoms with Crippen molar-refractivity contribution in [3.05, 3.63) is 58.1 Å². The molecule has 33 heavy (non-hydrogen) atoms. The molecule has 0 spiro atoms. The van der Waals surface area contributed by atoms with Crippen molar-refractivity contribution in [2.24, 2.45) is 0 Å². The first-order valence-electron chi connectivity index (χ1n) is 10.2. The fourth-order valence-corrected chi connectivity index (χ4v) is 2.88. The lowest BCUT2D eigenvalue weighted by molar-refractivity contribution is -0.147. The van der Waals surface area contributed by atoms with Gasteiger partial charge in [-0.3, -0.25) is 14.4 Å². The Morgan fingerprint density at radius 1 is 0.848 bits per heavy atom. The third-order valence-electron chi connectivity index (χ3n) is 4.10. The Balaban J connectivity index is 1.66. The number of hydrogen-bond acceptors (Lipinski definition) is 6. The SMILES string of the molecule is CC(C)OC(=O)c1ccc(NC(=O)CCCC(=O)OCC(=O)Nc2ccc(Cl)c(Cl)c2)cc1. The third-order valence-corrected chi connectivity index (χ3v) is 4.84. The predicted octanol–water partition coefficient (Wildman–Crippen LogP) is 4.85. The number of carbonyl (C=O) groups excluding carboxylic acids is 4. The monoisotopic (exact) mass is 494 g/mol. The lowest BCUT2D eigenvalue weighted by atomic mass is 10.2. The predicted molar refractivity (Wildman–Crippen MR) is 126 cm³/mol. The number of halogens is 2. The van der Waals surface area contributed by atoms with E-state index in [0.717, 1.165) is 0 Å². The summed E-state index contributed by atoms with van der Waals surface area (Å²) in [6.45, 7) is 3.06. The van der Waals surface area contributed by atoms with Crippen molar-refractivity contribution >= 4 is 58.3 Å². The summed E-state index contributed by atoms with van der Waals surface area (Å²) in [4.78, 5) is 47.5. The minimum atomic E-state index is -0.597. The van der Waals surface area contributed by atoms with E-state index in [0.29, 0.717) is 22.0 Å². The largest absolute Gasteiger partial charge is 0.459 e. The van der Waals surface area contributed by atoms with Crippen LogP contribution in [0.1, 0.15) is 43.5 Å². The van der Waals surface area contributed by atoms with Crippen LogP contribution in [0.5, 0.6) is 0 Å². The number of amides is 2. The molecule has 0 aromatic heterocycles. The molecular formula is C23H24Cl2N2O6. The van der Waals surface area contributed by atoms with Crippen LogP contribution in [0.15, 0.2) is 42.5 Å². The van der Waals surface area contributed by atoms with Gasteiger partial charge in [-0.1, -0.05) is 23.2 Å². The molecule has 2 rings (SSSR count). The summed E-state index contributed by atoms with van der Waals surface area (Å²) in [5.41, 5.74) is 1.32. The van der Waals surface area contributed by atoms with Gasteiger partial charge in [0.15, 0.2) is 6.61 Å². The van der Waals surface area contributed by atoms with E-state index >= 15 is 0 Å². The van der Waals surface area contributed by atoms with Crippen LogP contribution in [0, 0.1) is 0 Å². The zero-order valence-electron chi connectivity index (χ0n) is 18.2. The first-order valence-corrected chi connectivity index (χ1v) is 10.9. The van der Waals surface area contributed by atoms with E-state index in [9.17, 15) is 19.2 Å². The van der Waals surface area contributed by atoms with Gasteiger partial charge in [0.25, 0.3) is 5.91 Å². The molecule has 0 bridgehead atoms. The Bertz CT molecular complexity index is 1010. The lowest BCUT2D eigenvalue weighted by Crippen LogP contribution is -2.21. The molecule has 0 atom stereocenters. The first-order chi connectivity index (χ1) is 15.6. The van der Waals surface area contributed by atoms with Crippen LogP contribution in [0.3, 0.4) is 0 Å². The number of carbonyl (C=O) groups is 4. The number of benzene rings is 2. The average Bonchev–Trinajstić information content (AvgIpc) is 2.75. The van der Waals surface area contributed by atoms with Crippen molar-refractivity contribution in [2.75, 3.05) is 17.2 Å². The van der Waals surface area contributed by atoms with Gasteiger partial charge in [0.05, 0.1) is 21.7 Å². The van der Waals surface area contributed by atoms with Crippen LogP contribution in [0.2, 0.25) is 10.0 Å². The summed E-state index contributed by atoms with van der Waals surface area (Å²) >= 11 is 11.7. The third kappa shape index (κ3) is 9.51. The topological polar surface area (TPSA) is 111 Å². The number of rotatable bonds is 10. The van der Waals surface area contributed by atoms with E-state index in [2.05, 4.69) is 10.6 Å². The van der Waals surface area contributed by atoms with Crippen LogP contribution < -0.4 is 10.6 Å². The van der Waals surface area contributed by atoms with Crippen molar-refractivity contribution in [1.29, 1.82) is 0 Å². The summed E-state index contributed by atoms with van der Waals surface area (Å²) in [6, 6.07) is 10.9. The minimum Gasteiger partial charge on any atom is -0.459 e. The van der Waals surface area contributed by atoms with E-state index in [1.165, 1.54) is 12.1 Å². The van der Waals surface area contributed by atoms with Gasteiger partial charge in [-0.15, -0.1) is 0 Å². The smallest absolute Gasteiger partial charge is 0.338 e. The summed E-state index contributed by atoms with van der Waals surface area (Å²) in [5, 5.41) is 5.86. The molecule has 10 heteroatoms. The van der Waals surface area contributed by atoms with Crippen molar-refractivity contribution in [2.45, 2.75) is 39.2 Å². The molecule has 0 unspecified atom stereocenters. The Kier molecular flexibility index (Phi) is 10.2. The van der Waals surface area contributed by atoms with Crippen LogP contribution in [0.25, 0.3) is 0 Å². The Labute approximate surface area is 201 Å². The second-order valence-corrected chi connectivity index (χ2v) is 8.09. The molecule has 0 aliphatic rings. The second-order valence-electron chi connectivity index (χ2n) is 7.27. The zero-order chi connectivity index (χ0) is 24.4. The molecule has 8 nitrogen and oxygen atoms in total. The summed E-state index contributed by atoms with van der Waals surface area (Å²) in [5.74, 6) is -1.86. The highest BCUT2D eigenvalue weighted by Crippen LogP contribution is 2.24. The number of ether oxygens (including phenoxy) is 2. The minimum absolute atomic E-state index is 0.0204. The second kappa shape index (κ2) is 12.8. The van der Waals surface area contributed by atoms with Gasteiger partial charge in [0, 0.05) is 24.2 Å². The normalized spacial score (nSPS) is 10.5. The summed E-state index contributed by atoms with van der Waals surface area (Å²) < 4.78 is 10.0. The number of anilines is 2. The van der Waals surface area contributed by atoms with Crippen molar-refractivity contribution in [3.63, 3.8) is 0 Å². The molecule has 176 valence electrons. The van der Waals surface area contributed by atoms with Gasteiger partial charge in [-0.25, -0.2) is 4.79 Å². The average molecular weight is 495 g/mol. The number of nitrogens with one attached hydrogen (secondary N) is 2. The summed E-state index contributed by atoms with van der Waals surface area (Å²) in [6.07, 6.45) is 0.0908. The maximum atomic E-state index is 12.0. The molecule has 0 radical (unpaired) electrons. The standard InChI is InChI=1S/C23H24Cl2N2O6/c1-14(2)33-23(31)15-6-8-16(9-7-15)26-20(28)4-3-5-22(30)32-13-21(29)27-17-10-11-18(24)19(25)12-17/h6-12,14H,3-5,13H2,1-2H3,(H,26,28)(H,27,29). The molecule has 0 fully saturated rings. The van der Waals surface area contributed by atoms with Gasteiger partial charge < -0.3 is 20.1 Å². The zero-order valence-corrected chi connectivity index (χ0v) is 19.7. The van der Waals surface area contributed by atoms with Crippen LogP contribution in [0.4, 0.5) is 11.4 Å². The highest BCUT2D eigenvalue weighted by atomic mass is 35.5. The maximum Gasteiger partial charge on any atom is 0.338 e. The quantitative estimate of drug-likeness (QED) is 0.456. The molecule has 0 aliphatic heterocycles. The van der Waals surface area contributed by atoms with Gasteiger partial charge in [-0.05, 0) is 62.7 Å². The van der Waals surface area contributed by atoms with Crippen LogP contribution >= 0.6 is 23.2 Å². The molecular weight excluding hydrogens is 471 g/mol. The molecule has 2 N–H and O–H groups in total. The number of esters is 2. The van der Waals surface area contributed by atoms with E-state index in [4.69, 9.17) is 32.7 Å². The Morgan fingerprint density at radius 3 is 2.12 bits per heavy atom. The molecule has 0 saturated heterocycles. The first kappa shape index (κ1) is 26.2. The van der Waals surface area contributed by atoms with E-state index in [-0.39, 0.29) is 36.3 Å². The van der Waals surface area contributed by atoms with Crippen molar-refractivity contribution in [3.8, 4) is 0 Å². The van der Waals surface area contributed by atoms with Crippen LogP contribution in [-0.2, 0) is 23.9 Å². The van der Waals surface area contributed by atoms with Gasteiger partial charge in [0.2, 0.25) is 5.91 Å². The van der Waals surface area contributed by atoms with E-state index < -0.39 is 24.5 Å². The maximum absolute atomic E-state index is 12.0. The van der Waals surface area contributed by atoms with Crippen molar-refractivity contribution < 1.29 is 28.7 Å². The molecule has 2 aromatic carbocycles. The van der Waals surface area contributed by atoms with Gasteiger partial charge in [-0.2, -0.15) is 0 Å². The van der Waals surface area contributed by atoms with Gasteiger partial charge >= 0.3 is 11.9 Å².